The second-order valence-corrected chi connectivity index (χ2v) is 9.32. The summed E-state index contributed by atoms with van der Waals surface area (Å²) in [5.41, 5.74) is 0.743. The number of amides is 1. The number of furan rings is 1. The van der Waals surface area contributed by atoms with Gasteiger partial charge in [-0.2, -0.15) is 4.31 Å². The average molecular weight is 420 g/mol. The summed E-state index contributed by atoms with van der Waals surface area (Å²) >= 11 is 0. The number of sulfonamides is 1. The van der Waals surface area contributed by atoms with Crippen molar-refractivity contribution in [3.8, 4) is 5.75 Å². The molecular weight excluding hydrogens is 394 g/mol. The minimum absolute atomic E-state index is 0.0521. The predicted molar refractivity (Wildman–Crippen MR) is 108 cm³/mol. The Kier molecular flexibility index (Phi) is 5.26. The molecule has 0 saturated carbocycles. The van der Waals surface area contributed by atoms with Crippen LogP contribution in [0.2, 0.25) is 0 Å². The molecule has 3 heterocycles. The minimum atomic E-state index is -3.63. The predicted octanol–water partition coefficient (Wildman–Crippen LogP) is 2.04. The van der Waals surface area contributed by atoms with E-state index in [4.69, 9.17) is 4.42 Å². The van der Waals surface area contributed by atoms with Crippen molar-refractivity contribution in [3.63, 3.8) is 0 Å². The summed E-state index contributed by atoms with van der Waals surface area (Å²) in [5.74, 6) is 0.197. The summed E-state index contributed by atoms with van der Waals surface area (Å²) in [4.78, 5) is 16.6. The van der Waals surface area contributed by atoms with Gasteiger partial charge >= 0.3 is 0 Å². The standard InChI is InChI=1S/C20H25N3O5S/c1-15-19(29(26,27)23-8-4-5-9-23)14-18(28-15)20(25)22-12-10-21(11-13-22)16-6-2-3-7-17(16)24/h2-3,6-7,14,24H,4-5,8-13H2,1H3. The fraction of sp³-hybridized carbons (Fsp3) is 0.450. The lowest BCUT2D eigenvalue weighted by atomic mass is 10.2. The van der Waals surface area contributed by atoms with Gasteiger partial charge in [-0.1, -0.05) is 12.1 Å². The van der Waals surface area contributed by atoms with Crippen molar-refractivity contribution < 1.29 is 22.7 Å². The van der Waals surface area contributed by atoms with E-state index in [2.05, 4.69) is 0 Å². The highest BCUT2D eigenvalue weighted by Crippen LogP contribution is 2.29. The molecule has 2 aromatic rings. The maximum atomic E-state index is 12.9. The number of phenolic OH excluding ortho intramolecular Hbond substituents is 1. The third-order valence-corrected chi connectivity index (χ3v) is 7.56. The summed E-state index contributed by atoms with van der Waals surface area (Å²) < 4.78 is 32.6. The Morgan fingerprint density at radius 2 is 1.69 bits per heavy atom. The maximum Gasteiger partial charge on any atom is 0.289 e. The van der Waals surface area contributed by atoms with Gasteiger partial charge in [0.2, 0.25) is 10.0 Å². The molecule has 1 N–H and O–H groups in total. The molecule has 1 aromatic carbocycles. The molecule has 29 heavy (non-hydrogen) atoms. The fourth-order valence-corrected chi connectivity index (χ4v) is 5.61. The highest BCUT2D eigenvalue weighted by Gasteiger charge is 2.33. The van der Waals surface area contributed by atoms with Crippen molar-refractivity contribution >= 4 is 21.6 Å². The third kappa shape index (κ3) is 3.72. The van der Waals surface area contributed by atoms with Gasteiger partial charge in [0, 0.05) is 45.3 Å². The normalized spacial score (nSPS) is 18.4. The quantitative estimate of drug-likeness (QED) is 0.815. The van der Waals surface area contributed by atoms with Gasteiger partial charge in [0.25, 0.3) is 5.91 Å². The molecule has 4 rings (SSSR count). The number of nitrogens with zero attached hydrogens (tertiary/aromatic N) is 3. The van der Waals surface area contributed by atoms with E-state index in [0.717, 1.165) is 18.5 Å². The number of hydrogen-bond donors (Lipinski definition) is 1. The lowest BCUT2D eigenvalue weighted by Gasteiger charge is -2.35. The van der Waals surface area contributed by atoms with Crippen LogP contribution in [0, 0.1) is 6.92 Å². The van der Waals surface area contributed by atoms with Gasteiger partial charge in [0.05, 0.1) is 5.69 Å². The Morgan fingerprint density at radius 3 is 2.34 bits per heavy atom. The number of aromatic hydroxyl groups is 1. The first-order chi connectivity index (χ1) is 13.9. The molecule has 0 bridgehead atoms. The Morgan fingerprint density at radius 1 is 1.03 bits per heavy atom. The van der Waals surface area contributed by atoms with E-state index in [0.29, 0.717) is 39.3 Å². The molecule has 2 saturated heterocycles. The number of aryl methyl sites for hydroxylation is 1. The van der Waals surface area contributed by atoms with Crippen molar-refractivity contribution in [2.24, 2.45) is 0 Å². The number of hydrogen-bond acceptors (Lipinski definition) is 6. The van der Waals surface area contributed by atoms with Crippen LogP contribution in [0.4, 0.5) is 5.69 Å². The number of carbonyl (C=O) groups is 1. The van der Waals surface area contributed by atoms with Crippen LogP contribution in [0.15, 0.2) is 39.6 Å². The summed E-state index contributed by atoms with van der Waals surface area (Å²) in [6, 6.07) is 8.48. The Bertz CT molecular complexity index is 1000. The van der Waals surface area contributed by atoms with Crippen molar-refractivity contribution in [1.82, 2.24) is 9.21 Å². The average Bonchev–Trinajstić information content (AvgIpc) is 3.39. The Hall–Kier alpha value is -2.52. The smallest absolute Gasteiger partial charge is 0.289 e. The molecule has 0 aliphatic carbocycles. The molecule has 156 valence electrons. The third-order valence-electron chi connectivity index (χ3n) is 5.56. The largest absolute Gasteiger partial charge is 0.506 e. The van der Waals surface area contributed by atoms with Crippen LogP contribution in [0.1, 0.15) is 29.2 Å². The Labute approximate surface area is 170 Å². The van der Waals surface area contributed by atoms with E-state index in [1.54, 1.807) is 24.0 Å². The topological polar surface area (TPSA) is 94.3 Å². The number of carbonyl (C=O) groups excluding carboxylic acids is 1. The first-order valence-corrected chi connectivity index (χ1v) is 11.2. The van der Waals surface area contributed by atoms with Crippen molar-refractivity contribution in [1.29, 1.82) is 0 Å². The SMILES string of the molecule is Cc1oc(C(=O)N2CCN(c3ccccc3O)CC2)cc1S(=O)(=O)N1CCCC1. The van der Waals surface area contributed by atoms with Crippen LogP contribution in [-0.2, 0) is 10.0 Å². The van der Waals surface area contributed by atoms with E-state index in [-0.39, 0.29) is 28.1 Å². The van der Waals surface area contributed by atoms with Crippen LogP contribution in [-0.4, -0.2) is 67.9 Å². The zero-order valence-corrected chi connectivity index (χ0v) is 17.2. The summed E-state index contributed by atoms with van der Waals surface area (Å²) in [5, 5.41) is 10.0. The zero-order chi connectivity index (χ0) is 20.6. The summed E-state index contributed by atoms with van der Waals surface area (Å²) in [6.07, 6.45) is 1.70. The number of rotatable bonds is 4. The molecule has 2 aliphatic heterocycles. The lowest BCUT2D eigenvalue weighted by molar-refractivity contribution is 0.0713. The molecule has 0 spiro atoms. The minimum Gasteiger partial charge on any atom is -0.506 e. The molecule has 1 amide bonds. The summed E-state index contributed by atoms with van der Waals surface area (Å²) in [7, 11) is -3.63. The molecule has 2 aliphatic rings. The monoisotopic (exact) mass is 419 g/mol. The lowest BCUT2D eigenvalue weighted by Crippen LogP contribution is -2.48. The fourth-order valence-electron chi connectivity index (χ4n) is 3.93. The van der Waals surface area contributed by atoms with Gasteiger partial charge in [-0.05, 0) is 31.9 Å². The van der Waals surface area contributed by atoms with Crippen LogP contribution in [0.25, 0.3) is 0 Å². The highest BCUT2D eigenvalue weighted by molar-refractivity contribution is 7.89. The molecule has 2 fully saturated rings. The first kappa shape index (κ1) is 19.8. The molecule has 0 radical (unpaired) electrons. The molecule has 0 atom stereocenters. The van der Waals surface area contributed by atoms with E-state index < -0.39 is 10.0 Å². The molecular formula is C20H25N3O5S. The van der Waals surface area contributed by atoms with E-state index in [1.807, 2.05) is 17.0 Å². The number of anilines is 1. The maximum absolute atomic E-state index is 12.9. The second-order valence-electron chi connectivity index (χ2n) is 7.41. The van der Waals surface area contributed by atoms with Gasteiger partial charge in [0.1, 0.15) is 16.4 Å². The van der Waals surface area contributed by atoms with E-state index in [1.165, 1.54) is 10.4 Å². The van der Waals surface area contributed by atoms with Gasteiger partial charge in [-0.15, -0.1) is 0 Å². The number of para-hydroxylation sites is 2. The van der Waals surface area contributed by atoms with Crippen LogP contribution in [0.5, 0.6) is 5.75 Å². The molecule has 9 heteroatoms. The second kappa shape index (κ2) is 7.72. The van der Waals surface area contributed by atoms with E-state index >= 15 is 0 Å². The molecule has 8 nitrogen and oxygen atoms in total. The number of phenols is 1. The first-order valence-electron chi connectivity index (χ1n) is 9.81. The van der Waals surface area contributed by atoms with Crippen LogP contribution >= 0.6 is 0 Å². The van der Waals surface area contributed by atoms with Crippen molar-refractivity contribution in [3.05, 3.63) is 41.9 Å². The molecule has 1 aromatic heterocycles. The van der Waals surface area contributed by atoms with Crippen LogP contribution in [0.3, 0.4) is 0 Å². The van der Waals surface area contributed by atoms with Gasteiger partial charge in [-0.3, -0.25) is 4.79 Å². The van der Waals surface area contributed by atoms with Crippen molar-refractivity contribution in [2.75, 3.05) is 44.2 Å². The van der Waals surface area contributed by atoms with Crippen molar-refractivity contribution in [2.45, 2.75) is 24.7 Å². The number of benzene rings is 1. The zero-order valence-electron chi connectivity index (χ0n) is 16.4. The van der Waals surface area contributed by atoms with E-state index in [9.17, 15) is 18.3 Å². The highest BCUT2D eigenvalue weighted by atomic mass is 32.2. The van der Waals surface area contributed by atoms with Gasteiger partial charge in [0.15, 0.2) is 5.76 Å². The van der Waals surface area contributed by atoms with Gasteiger partial charge < -0.3 is 19.3 Å². The number of piperazine rings is 1. The Balaban J connectivity index is 1.46. The van der Waals surface area contributed by atoms with Crippen LogP contribution < -0.4 is 4.90 Å². The summed E-state index contributed by atoms with van der Waals surface area (Å²) in [6.45, 7) is 4.65. The van der Waals surface area contributed by atoms with Gasteiger partial charge in [-0.25, -0.2) is 8.42 Å². The molecule has 0 unspecified atom stereocenters.